The summed E-state index contributed by atoms with van der Waals surface area (Å²) in [7, 11) is 0. The minimum Gasteiger partial charge on any atom is -0.335 e. The standard InChI is InChI=1S/C13H22ClN3OS/c1-9(2)17(8-6-7-14)12(18)10-11(13(3,4)5)15-16-19-10/h9H,6-8H2,1-5H3. The fourth-order valence-electron chi connectivity index (χ4n) is 1.78. The van der Waals surface area contributed by atoms with Crippen molar-refractivity contribution in [1.82, 2.24) is 14.5 Å². The maximum absolute atomic E-state index is 12.6. The van der Waals surface area contributed by atoms with Crippen LogP contribution in [-0.2, 0) is 5.41 Å². The first-order chi connectivity index (χ1) is 8.79. The normalized spacial score (nSPS) is 11.9. The number of carbonyl (C=O) groups excluding carboxylic acids is 1. The van der Waals surface area contributed by atoms with Gasteiger partial charge in [-0.15, -0.1) is 16.7 Å². The van der Waals surface area contributed by atoms with Gasteiger partial charge in [-0.25, -0.2) is 0 Å². The highest BCUT2D eigenvalue weighted by Gasteiger charge is 2.29. The molecule has 1 heterocycles. The summed E-state index contributed by atoms with van der Waals surface area (Å²) in [6, 6.07) is 0.144. The van der Waals surface area contributed by atoms with Crippen LogP contribution in [0.2, 0.25) is 0 Å². The Morgan fingerprint density at radius 1 is 1.42 bits per heavy atom. The molecule has 4 nitrogen and oxygen atoms in total. The van der Waals surface area contributed by atoms with Gasteiger partial charge < -0.3 is 4.90 Å². The molecule has 0 bridgehead atoms. The monoisotopic (exact) mass is 303 g/mol. The van der Waals surface area contributed by atoms with Gasteiger partial charge in [0, 0.05) is 23.9 Å². The molecular formula is C13H22ClN3OS. The summed E-state index contributed by atoms with van der Waals surface area (Å²) in [6.45, 7) is 10.8. The van der Waals surface area contributed by atoms with E-state index < -0.39 is 0 Å². The van der Waals surface area contributed by atoms with Crippen molar-refractivity contribution < 1.29 is 4.79 Å². The zero-order valence-corrected chi connectivity index (χ0v) is 13.8. The fourth-order valence-corrected chi connectivity index (χ4v) is 2.73. The number of halogens is 1. The molecule has 1 aromatic rings. The molecule has 0 atom stereocenters. The maximum Gasteiger partial charge on any atom is 0.267 e. The van der Waals surface area contributed by atoms with Gasteiger partial charge in [0.2, 0.25) is 0 Å². The summed E-state index contributed by atoms with van der Waals surface area (Å²) >= 11 is 6.90. The molecule has 19 heavy (non-hydrogen) atoms. The number of carbonyl (C=O) groups is 1. The van der Waals surface area contributed by atoms with Gasteiger partial charge in [-0.05, 0) is 31.8 Å². The van der Waals surface area contributed by atoms with Crippen molar-refractivity contribution in [3.8, 4) is 0 Å². The molecule has 0 spiro atoms. The molecular weight excluding hydrogens is 282 g/mol. The Kier molecular flexibility index (Phi) is 5.74. The van der Waals surface area contributed by atoms with Gasteiger partial charge in [0.15, 0.2) is 0 Å². The second-order valence-electron chi connectivity index (χ2n) is 5.84. The third-order valence-corrected chi connectivity index (χ3v) is 3.79. The van der Waals surface area contributed by atoms with Crippen molar-refractivity contribution in [2.24, 2.45) is 0 Å². The number of hydrogen-bond acceptors (Lipinski definition) is 4. The maximum atomic E-state index is 12.6. The van der Waals surface area contributed by atoms with Crippen LogP contribution in [0.15, 0.2) is 0 Å². The van der Waals surface area contributed by atoms with Crippen molar-refractivity contribution in [2.75, 3.05) is 12.4 Å². The van der Waals surface area contributed by atoms with Crippen LogP contribution in [0.1, 0.15) is 56.4 Å². The van der Waals surface area contributed by atoms with E-state index in [1.165, 1.54) is 11.5 Å². The molecule has 0 saturated carbocycles. The van der Waals surface area contributed by atoms with Crippen molar-refractivity contribution in [3.05, 3.63) is 10.6 Å². The third kappa shape index (κ3) is 4.14. The van der Waals surface area contributed by atoms with Crippen molar-refractivity contribution >= 4 is 29.0 Å². The predicted octanol–water partition coefficient (Wildman–Crippen LogP) is 3.32. The average molecular weight is 304 g/mol. The summed E-state index contributed by atoms with van der Waals surface area (Å²) in [5.41, 5.74) is 0.603. The smallest absolute Gasteiger partial charge is 0.267 e. The van der Waals surface area contributed by atoms with E-state index in [1.807, 2.05) is 39.5 Å². The number of nitrogens with zero attached hydrogens (tertiary/aromatic N) is 3. The highest BCUT2D eigenvalue weighted by molar-refractivity contribution is 7.08. The Labute approximate surface area is 124 Å². The van der Waals surface area contributed by atoms with Gasteiger partial charge in [0.1, 0.15) is 4.88 Å². The second kappa shape index (κ2) is 6.66. The topological polar surface area (TPSA) is 46.1 Å². The van der Waals surface area contributed by atoms with Crippen LogP contribution in [0.3, 0.4) is 0 Å². The molecule has 0 aliphatic rings. The first-order valence-corrected chi connectivity index (χ1v) is 7.79. The first kappa shape index (κ1) is 16.4. The average Bonchev–Trinajstić information content (AvgIpc) is 2.77. The van der Waals surface area contributed by atoms with Crippen LogP contribution in [0, 0.1) is 0 Å². The van der Waals surface area contributed by atoms with E-state index in [4.69, 9.17) is 11.6 Å². The van der Waals surface area contributed by atoms with Gasteiger partial charge in [-0.1, -0.05) is 25.3 Å². The lowest BCUT2D eigenvalue weighted by molar-refractivity contribution is 0.0708. The summed E-state index contributed by atoms with van der Waals surface area (Å²) < 4.78 is 3.95. The number of amides is 1. The summed E-state index contributed by atoms with van der Waals surface area (Å²) in [6.07, 6.45) is 0.794. The van der Waals surface area contributed by atoms with E-state index >= 15 is 0 Å². The predicted molar refractivity (Wildman–Crippen MR) is 80.1 cm³/mol. The molecule has 0 saturated heterocycles. The van der Waals surface area contributed by atoms with Gasteiger partial charge in [0.25, 0.3) is 5.91 Å². The Morgan fingerprint density at radius 3 is 2.53 bits per heavy atom. The molecule has 0 fully saturated rings. The van der Waals surface area contributed by atoms with Gasteiger partial charge in [-0.3, -0.25) is 4.79 Å². The number of aromatic nitrogens is 2. The molecule has 1 rings (SSSR count). The molecule has 1 aromatic heterocycles. The lowest BCUT2D eigenvalue weighted by Gasteiger charge is -2.27. The van der Waals surface area contributed by atoms with Crippen LogP contribution in [0.5, 0.6) is 0 Å². The Balaban J connectivity index is 3.01. The van der Waals surface area contributed by atoms with E-state index in [-0.39, 0.29) is 17.4 Å². The SMILES string of the molecule is CC(C)N(CCCCl)C(=O)c1snnc1C(C)(C)C. The molecule has 0 aliphatic heterocycles. The minimum atomic E-state index is -0.173. The Morgan fingerprint density at radius 2 is 2.05 bits per heavy atom. The summed E-state index contributed by atoms with van der Waals surface area (Å²) in [5.74, 6) is 0.573. The Bertz CT molecular complexity index is 426. The third-order valence-electron chi connectivity index (χ3n) is 2.81. The van der Waals surface area contributed by atoms with Crippen LogP contribution in [0.4, 0.5) is 0 Å². The molecule has 1 amide bonds. The summed E-state index contributed by atoms with van der Waals surface area (Å²) in [5, 5.41) is 4.13. The number of alkyl halides is 1. The van der Waals surface area contributed by atoms with Crippen LogP contribution >= 0.6 is 23.1 Å². The van der Waals surface area contributed by atoms with E-state index in [0.29, 0.717) is 17.3 Å². The summed E-state index contributed by atoms with van der Waals surface area (Å²) in [4.78, 5) is 15.1. The van der Waals surface area contributed by atoms with E-state index in [0.717, 1.165) is 12.1 Å². The lowest BCUT2D eigenvalue weighted by atomic mass is 9.91. The number of hydrogen-bond donors (Lipinski definition) is 0. The van der Waals surface area contributed by atoms with Crippen LogP contribution < -0.4 is 0 Å². The van der Waals surface area contributed by atoms with Crippen molar-refractivity contribution in [3.63, 3.8) is 0 Å². The minimum absolute atomic E-state index is 0.0139. The first-order valence-electron chi connectivity index (χ1n) is 6.48. The molecule has 0 aliphatic carbocycles. The molecule has 0 aromatic carbocycles. The van der Waals surface area contributed by atoms with Gasteiger partial charge >= 0.3 is 0 Å². The largest absolute Gasteiger partial charge is 0.335 e. The van der Waals surface area contributed by atoms with E-state index in [9.17, 15) is 4.79 Å². The molecule has 108 valence electrons. The highest BCUT2D eigenvalue weighted by atomic mass is 35.5. The molecule has 0 unspecified atom stereocenters. The van der Waals surface area contributed by atoms with Gasteiger partial charge in [-0.2, -0.15) is 0 Å². The van der Waals surface area contributed by atoms with Crippen LogP contribution in [-0.4, -0.2) is 38.9 Å². The number of rotatable bonds is 5. The highest BCUT2D eigenvalue weighted by Crippen LogP contribution is 2.27. The van der Waals surface area contributed by atoms with Crippen LogP contribution in [0.25, 0.3) is 0 Å². The van der Waals surface area contributed by atoms with Crippen molar-refractivity contribution in [1.29, 1.82) is 0 Å². The quantitative estimate of drug-likeness (QED) is 0.784. The fraction of sp³-hybridized carbons (Fsp3) is 0.769. The molecule has 0 radical (unpaired) electrons. The zero-order chi connectivity index (χ0) is 14.6. The van der Waals surface area contributed by atoms with E-state index in [2.05, 4.69) is 9.59 Å². The second-order valence-corrected chi connectivity index (χ2v) is 6.97. The molecule has 6 heteroatoms. The van der Waals surface area contributed by atoms with Gasteiger partial charge in [0.05, 0.1) is 5.69 Å². The zero-order valence-electron chi connectivity index (χ0n) is 12.2. The van der Waals surface area contributed by atoms with E-state index in [1.54, 1.807) is 0 Å². The molecule has 0 N–H and O–H groups in total. The lowest BCUT2D eigenvalue weighted by Crippen LogP contribution is -2.38. The van der Waals surface area contributed by atoms with Crippen molar-refractivity contribution in [2.45, 2.75) is 52.5 Å². The Hall–Kier alpha value is -0.680.